The molecule has 0 aliphatic carbocycles. The normalized spacial score (nSPS) is 11.3. The van der Waals surface area contributed by atoms with Crippen LogP contribution in [-0.4, -0.2) is 37.7 Å². The lowest BCUT2D eigenvalue weighted by Gasteiger charge is -2.23. The summed E-state index contributed by atoms with van der Waals surface area (Å²) < 4.78 is 10.2. The number of carbonyl (C=O) groups excluding carboxylic acids is 2. The predicted molar refractivity (Wildman–Crippen MR) is 95.1 cm³/mol. The number of aryl methyl sites for hydroxylation is 2. The van der Waals surface area contributed by atoms with Gasteiger partial charge in [-0.05, 0) is 44.0 Å². The van der Waals surface area contributed by atoms with Crippen molar-refractivity contribution in [1.29, 1.82) is 5.26 Å². The van der Waals surface area contributed by atoms with E-state index in [4.69, 9.17) is 14.7 Å². The van der Waals surface area contributed by atoms with Crippen molar-refractivity contribution in [3.63, 3.8) is 0 Å². The lowest BCUT2D eigenvalue weighted by molar-refractivity contribution is -0.157. The van der Waals surface area contributed by atoms with Crippen LogP contribution in [0.4, 0.5) is 5.69 Å². The number of amides is 1. The van der Waals surface area contributed by atoms with Crippen LogP contribution in [0.3, 0.4) is 0 Å². The molecule has 0 aliphatic heterocycles. The van der Waals surface area contributed by atoms with Crippen LogP contribution in [0, 0.1) is 25.2 Å². The Morgan fingerprint density at radius 3 is 2.68 bits per heavy atom. The van der Waals surface area contributed by atoms with Gasteiger partial charge in [-0.2, -0.15) is 5.26 Å². The minimum Gasteiger partial charge on any atom is -0.454 e. The molecule has 0 spiro atoms. The van der Waals surface area contributed by atoms with Gasteiger partial charge in [-0.15, -0.1) is 6.58 Å². The topological polar surface area (TPSA) is 79.6 Å². The smallest absolute Gasteiger partial charge is 0.335 e. The number of esters is 1. The second kappa shape index (κ2) is 10.3. The molecule has 1 unspecified atom stereocenters. The molecule has 0 aliphatic rings. The summed E-state index contributed by atoms with van der Waals surface area (Å²) >= 11 is 0. The van der Waals surface area contributed by atoms with Gasteiger partial charge >= 0.3 is 5.97 Å². The van der Waals surface area contributed by atoms with E-state index < -0.39 is 18.7 Å². The minimum atomic E-state index is -0.778. The second-order valence-corrected chi connectivity index (χ2v) is 5.59. The van der Waals surface area contributed by atoms with Crippen molar-refractivity contribution in [2.45, 2.75) is 33.3 Å². The van der Waals surface area contributed by atoms with Crippen molar-refractivity contribution in [2.24, 2.45) is 0 Å². The second-order valence-electron chi connectivity index (χ2n) is 5.59. The number of hydrogen-bond donors (Lipinski definition) is 0. The maximum atomic E-state index is 12.5. The summed E-state index contributed by atoms with van der Waals surface area (Å²) in [6, 6.07) is 7.63. The fourth-order valence-corrected chi connectivity index (χ4v) is 2.06. The molecule has 0 bridgehead atoms. The molecule has 0 fully saturated rings. The fourth-order valence-electron chi connectivity index (χ4n) is 2.06. The molecule has 134 valence electrons. The molecule has 0 heterocycles. The van der Waals surface area contributed by atoms with Crippen molar-refractivity contribution < 1.29 is 19.1 Å². The summed E-state index contributed by atoms with van der Waals surface area (Å²) in [4.78, 5) is 25.7. The van der Waals surface area contributed by atoms with Crippen LogP contribution in [0.15, 0.2) is 30.9 Å². The lowest BCUT2D eigenvalue weighted by atomic mass is 10.1. The maximum Gasteiger partial charge on any atom is 0.335 e. The number of rotatable bonds is 9. The van der Waals surface area contributed by atoms with Gasteiger partial charge in [0.2, 0.25) is 0 Å². The lowest BCUT2D eigenvalue weighted by Crippen LogP contribution is -2.37. The molecule has 0 saturated heterocycles. The Labute approximate surface area is 148 Å². The van der Waals surface area contributed by atoms with E-state index in [2.05, 4.69) is 6.58 Å². The highest BCUT2D eigenvalue weighted by molar-refractivity contribution is 5.95. The van der Waals surface area contributed by atoms with E-state index in [-0.39, 0.29) is 25.5 Å². The molecule has 1 atom stereocenters. The van der Waals surface area contributed by atoms with E-state index in [0.717, 1.165) is 11.1 Å². The van der Waals surface area contributed by atoms with Crippen molar-refractivity contribution in [3.8, 4) is 6.07 Å². The van der Waals surface area contributed by atoms with Crippen molar-refractivity contribution in [2.75, 3.05) is 24.7 Å². The summed E-state index contributed by atoms with van der Waals surface area (Å²) in [6.07, 6.45) is 0.934. The van der Waals surface area contributed by atoms with Crippen LogP contribution in [0.25, 0.3) is 0 Å². The van der Waals surface area contributed by atoms with Crippen molar-refractivity contribution >= 4 is 17.6 Å². The summed E-state index contributed by atoms with van der Waals surface area (Å²) in [6.45, 7) is 9.03. The molecule has 25 heavy (non-hydrogen) atoms. The van der Waals surface area contributed by atoms with E-state index in [0.29, 0.717) is 5.69 Å². The van der Waals surface area contributed by atoms with E-state index in [1.165, 1.54) is 11.0 Å². The van der Waals surface area contributed by atoms with Gasteiger partial charge in [0.25, 0.3) is 5.91 Å². The summed E-state index contributed by atoms with van der Waals surface area (Å²) in [7, 11) is 0. The number of anilines is 1. The van der Waals surface area contributed by atoms with Gasteiger partial charge in [0.05, 0.1) is 19.1 Å². The third-order valence-corrected chi connectivity index (χ3v) is 3.68. The fraction of sp³-hybridized carbons (Fsp3) is 0.421. The van der Waals surface area contributed by atoms with Gasteiger partial charge in [0.1, 0.15) is 0 Å². The Hall–Kier alpha value is -2.65. The number of benzene rings is 1. The van der Waals surface area contributed by atoms with Gasteiger partial charge in [-0.1, -0.05) is 12.1 Å². The number of nitriles is 1. The van der Waals surface area contributed by atoms with Crippen LogP contribution >= 0.6 is 0 Å². The monoisotopic (exact) mass is 344 g/mol. The zero-order chi connectivity index (χ0) is 18.8. The highest BCUT2D eigenvalue weighted by atomic mass is 16.6. The van der Waals surface area contributed by atoms with Crippen LogP contribution in [0.5, 0.6) is 0 Å². The predicted octanol–water partition coefficient (Wildman–Crippen LogP) is 2.68. The Balaban J connectivity index is 2.77. The first-order valence-corrected chi connectivity index (χ1v) is 8.04. The van der Waals surface area contributed by atoms with Crippen LogP contribution in [0.2, 0.25) is 0 Å². The number of carbonyl (C=O) groups is 2. The van der Waals surface area contributed by atoms with E-state index in [1.54, 1.807) is 6.92 Å². The molecular formula is C19H24N2O4. The molecule has 6 nitrogen and oxygen atoms in total. The molecule has 1 aromatic carbocycles. The molecule has 1 amide bonds. The Morgan fingerprint density at radius 2 is 2.08 bits per heavy atom. The average Bonchev–Trinajstić information content (AvgIpc) is 2.60. The third-order valence-electron chi connectivity index (χ3n) is 3.68. The summed E-state index contributed by atoms with van der Waals surface area (Å²) in [5, 5.41) is 8.82. The first kappa shape index (κ1) is 20.4. The molecule has 0 N–H and O–H groups in total. The highest BCUT2D eigenvalue weighted by Gasteiger charge is 2.20. The SMILES string of the molecule is C=CCOC(C)C(=O)OCC(=O)N(CCC#N)c1ccc(C)c(C)c1. The van der Waals surface area contributed by atoms with Crippen molar-refractivity contribution in [1.82, 2.24) is 0 Å². The average molecular weight is 344 g/mol. The van der Waals surface area contributed by atoms with Crippen molar-refractivity contribution in [3.05, 3.63) is 42.0 Å². The number of hydrogen-bond acceptors (Lipinski definition) is 5. The Kier molecular flexibility index (Phi) is 8.37. The largest absolute Gasteiger partial charge is 0.454 e. The van der Waals surface area contributed by atoms with Crippen LogP contribution in [-0.2, 0) is 19.1 Å². The Morgan fingerprint density at radius 1 is 1.36 bits per heavy atom. The first-order valence-electron chi connectivity index (χ1n) is 8.04. The van der Waals surface area contributed by atoms with Gasteiger partial charge in [0, 0.05) is 12.2 Å². The molecule has 1 aromatic rings. The quantitative estimate of drug-likeness (QED) is 0.508. The van der Waals surface area contributed by atoms with Gasteiger partial charge in [-0.3, -0.25) is 4.79 Å². The van der Waals surface area contributed by atoms with Crippen LogP contribution < -0.4 is 4.90 Å². The number of ether oxygens (including phenoxy) is 2. The van der Waals surface area contributed by atoms with E-state index >= 15 is 0 Å². The molecule has 0 radical (unpaired) electrons. The van der Waals surface area contributed by atoms with Crippen LogP contribution in [0.1, 0.15) is 24.5 Å². The van der Waals surface area contributed by atoms with E-state index in [1.807, 2.05) is 38.1 Å². The molecule has 0 aromatic heterocycles. The van der Waals surface area contributed by atoms with E-state index in [9.17, 15) is 9.59 Å². The summed E-state index contributed by atoms with van der Waals surface area (Å²) in [5.74, 6) is -1.00. The molecule has 1 rings (SSSR count). The zero-order valence-corrected chi connectivity index (χ0v) is 14.9. The highest BCUT2D eigenvalue weighted by Crippen LogP contribution is 2.19. The molecular weight excluding hydrogens is 320 g/mol. The van der Waals surface area contributed by atoms with Gasteiger partial charge in [-0.25, -0.2) is 4.79 Å². The summed E-state index contributed by atoms with van der Waals surface area (Å²) in [5.41, 5.74) is 2.82. The Bertz CT molecular complexity index is 664. The molecule has 0 saturated carbocycles. The molecule has 6 heteroatoms. The number of nitrogens with zero attached hydrogens (tertiary/aromatic N) is 2. The first-order chi connectivity index (χ1) is 11.9. The zero-order valence-electron chi connectivity index (χ0n) is 14.9. The van der Waals surface area contributed by atoms with Gasteiger partial charge < -0.3 is 14.4 Å². The maximum absolute atomic E-state index is 12.5. The third kappa shape index (κ3) is 6.40. The van der Waals surface area contributed by atoms with Gasteiger partial charge in [0.15, 0.2) is 12.7 Å². The standard InChI is InChI=1S/C19H24N2O4/c1-5-11-24-16(4)19(23)25-13-18(22)21(10-6-9-20)17-8-7-14(2)15(3)12-17/h5,7-8,12,16H,1,6,10-11,13H2,2-4H3. The minimum absolute atomic E-state index is 0.186.